The number of amides is 1. The van der Waals surface area contributed by atoms with Gasteiger partial charge in [0.2, 0.25) is 0 Å². The second-order valence-corrected chi connectivity index (χ2v) is 5.31. The van der Waals surface area contributed by atoms with Gasteiger partial charge >= 0.3 is 6.09 Å². The summed E-state index contributed by atoms with van der Waals surface area (Å²) in [4.78, 5) is 11.7. The van der Waals surface area contributed by atoms with Crippen LogP contribution in [0.25, 0.3) is 0 Å². The van der Waals surface area contributed by atoms with Crippen molar-refractivity contribution < 1.29 is 9.53 Å². The Labute approximate surface area is 123 Å². The zero-order valence-electron chi connectivity index (χ0n) is 11.7. The van der Waals surface area contributed by atoms with Crippen LogP contribution >= 0.6 is 0 Å². The van der Waals surface area contributed by atoms with E-state index in [0.29, 0.717) is 12.0 Å². The summed E-state index contributed by atoms with van der Waals surface area (Å²) >= 11 is 0. The molecule has 3 N–H and O–H groups in total. The molecule has 1 aliphatic rings. The van der Waals surface area contributed by atoms with E-state index in [0.717, 1.165) is 17.7 Å². The minimum absolute atomic E-state index is 0.266. The van der Waals surface area contributed by atoms with Crippen LogP contribution in [-0.4, -0.2) is 12.1 Å². The van der Waals surface area contributed by atoms with Crippen LogP contribution in [0.3, 0.4) is 0 Å². The van der Waals surface area contributed by atoms with Crippen molar-refractivity contribution in [2.45, 2.75) is 25.0 Å². The highest BCUT2D eigenvalue weighted by Gasteiger charge is 2.34. The molecule has 1 amide bonds. The largest absolute Gasteiger partial charge is 0.444 e. The van der Waals surface area contributed by atoms with Crippen LogP contribution in [0.15, 0.2) is 54.6 Å². The predicted octanol–water partition coefficient (Wildman–Crippen LogP) is 3.25. The van der Waals surface area contributed by atoms with Crippen LogP contribution < -0.4 is 11.1 Å². The van der Waals surface area contributed by atoms with Crippen LogP contribution in [0, 0.1) is 0 Å². The lowest BCUT2D eigenvalue weighted by Crippen LogP contribution is -2.13. The molecule has 0 saturated heterocycles. The molecule has 0 bridgehead atoms. The molecule has 1 fully saturated rings. The fourth-order valence-corrected chi connectivity index (χ4v) is 2.29. The smallest absolute Gasteiger partial charge is 0.411 e. The minimum Gasteiger partial charge on any atom is -0.444 e. The Morgan fingerprint density at radius 1 is 1.14 bits per heavy atom. The summed E-state index contributed by atoms with van der Waals surface area (Å²) in [6, 6.07) is 17.7. The van der Waals surface area contributed by atoms with E-state index in [1.807, 2.05) is 54.6 Å². The summed E-state index contributed by atoms with van der Waals surface area (Å²) < 4.78 is 5.17. The number of carbonyl (C=O) groups excluding carboxylic acids is 1. The van der Waals surface area contributed by atoms with E-state index in [4.69, 9.17) is 10.5 Å². The van der Waals surface area contributed by atoms with Gasteiger partial charge in [-0.05, 0) is 29.7 Å². The monoisotopic (exact) mass is 282 g/mol. The molecule has 3 rings (SSSR count). The molecule has 0 aromatic heterocycles. The summed E-state index contributed by atoms with van der Waals surface area (Å²) in [6.07, 6.45) is 0.598. The molecular weight excluding hydrogens is 264 g/mol. The van der Waals surface area contributed by atoms with Crippen molar-refractivity contribution in [3.05, 3.63) is 65.7 Å². The molecule has 0 heterocycles. The Balaban J connectivity index is 1.50. The third-order valence-electron chi connectivity index (χ3n) is 3.64. The van der Waals surface area contributed by atoms with Crippen molar-refractivity contribution in [1.82, 2.24) is 0 Å². The van der Waals surface area contributed by atoms with Crippen LogP contribution in [0.1, 0.15) is 23.5 Å². The maximum atomic E-state index is 11.7. The maximum absolute atomic E-state index is 11.7. The Kier molecular flexibility index (Phi) is 3.88. The highest BCUT2D eigenvalue weighted by Crippen LogP contribution is 2.39. The Bertz CT molecular complexity index is 610. The maximum Gasteiger partial charge on any atom is 0.411 e. The molecule has 4 nitrogen and oxygen atoms in total. The van der Waals surface area contributed by atoms with Gasteiger partial charge in [-0.25, -0.2) is 4.79 Å². The van der Waals surface area contributed by atoms with Gasteiger partial charge in [-0.1, -0.05) is 42.5 Å². The molecule has 21 heavy (non-hydrogen) atoms. The number of rotatable bonds is 4. The average Bonchev–Trinajstić information content (AvgIpc) is 3.24. The van der Waals surface area contributed by atoms with Crippen molar-refractivity contribution in [1.29, 1.82) is 0 Å². The van der Waals surface area contributed by atoms with Crippen LogP contribution in [0.4, 0.5) is 10.5 Å². The average molecular weight is 282 g/mol. The zero-order valence-corrected chi connectivity index (χ0v) is 11.7. The molecule has 0 aliphatic heterocycles. The van der Waals surface area contributed by atoms with Gasteiger partial charge in [-0.15, -0.1) is 0 Å². The Morgan fingerprint density at radius 3 is 2.43 bits per heavy atom. The molecule has 108 valence electrons. The number of benzene rings is 2. The van der Waals surface area contributed by atoms with Crippen LogP contribution in [0.5, 0.6) is 0 Å². The number of ether oxygens (including phenoxy) is 1. The van der Waals surface area contributed by atoms with E-state index < -0.39 is 6.09 Å². The number of hydrogen-bond donors (Lipinski definition) is 2. The van der Waals surface area contributed by atoms with E-state index in [9.17, 15) is 4.79 Å². The van der Waals surface area contributed by atoms with Crippen molar-refractivity contribution in [2.24, 2.45) is 5.73 Å². The number of nitrogens with two attached hydrogens (primary N) is 1. The summed E-state index contributed by atoms with van der Waals surface area (Å²) in [6.45, 7) is 0.266. The number of hydrogen-bond acceptors (Lipinski definition) is 3. The highest BCUT2D eigenvalue weighted by molar-refractivity contribution is 5.84. The Morgan fingerprint density at radius 2 is 1.81 bits per heavy atom. The van der Waals surface area contributed by atoms with Crippen molar-refractivity contribution in [3.8, 4) is 0 Å². The van der Waals surface area contributed by atoms with Crippen LogP contribution in [-0.2, 0) is 11.3 Å². The van der Waals surface area contributed by atoms with Gasteiger partial charge in [0, 0.05) is 17.6 Å². The van der Waals surface area contributed by atoms with Crippen molar-refractivity contribution >= 4 is 11.8 Å². The van der Waals surface area contributed by atoms with Crippen molar-refractivity contribution in [3.63, 3.8) is 0 Å². The first-order chi connectivity index (χ1) is 10.2. The van der Waals surface area contributed by atoms with Crippen LogP contribution in [0.2, 0.25) is 0 Å². The molecule has 2 atom stereocenters. The van der Waals surface area contributed by atoms with Gasteiger partial charge < -0.3 is 10.5 Å². The molecule has 0 spiro atoms. The summed E-state index contributed by atoms with van der Waals surface area (Å²) in [7, 11) is 0. The SMILES string of the molecule is N[C@@H]1C[C@H]1c1ccc(NC(=O)OCc2ccccc2)cc1. The standard InChI is InChI=1S/C17H18N2O2/c18-16-10-15(16)13-6-8-14(9-7-13)19-17(20)21-11-12-4-2-1-3-5-12/h1-9,15-16H,10-11,18H2,(H,19,20)/t15-,16+/m0/s1. The third-order valence-corrected chi connectivity index (χ3v) is 3.64. The second kappa shape index (κ2) is 5.97. The number of anilines is 1. The molecule has 4 heteroatoms. The molecule has 1 aliphatic carbocycles. The van der Waals surface area contributed by atoms with E-state index in [2.05, 4.69) is 5.32 Å². The lowest BCUT2D eigenvalue weighted by molar-refractivity contribution is 0.155. The molecular formula is C17H18N2O2. The zero-order chi connectivity index (χ0) is 14.7. The summed E-state index contributed by atoms with van der Waals surface area (Å²) in [5, 5.41) is 2.72. The molecule has 1 saturated carbocycles. The van der Waals surface area contributed by atoms with Crippen molar-refractivity contribution in [2.75, 3.05) is 5.32 Å². The summed E-state index contributed by atoms with van der Waals surface area (Å²) in [5.41, 5.74) is 8.74. The topological polar surface area (TPSA) is 64.3 Å². The van der Waals surface area contributed by atoms with E-state index >= 15 is 0 Å². The first-order valence-corrected chi connectivity index (χ1v) is 7.05. The first kappa shape index (κ1) is 13.6. The summed E-state index contributed by atoms with van der Waals surface area (Å²) in [5.74, 6) is 0.476. The van der Waals surface area contributed by atoms with Gasteiger partial charge in [-0.3, -0.25) is 5.32 Å². The lowest BCUT2D eigenvalue weighted by Gasteiger charge is -2.08. The Hall–Kier alpha value is -2.33. The number of nitrogens with one attached hydrogen (secondary N) is 1. The molecule has 0 unspecified atom stereocenters. The normalized spacial score (nSPS) is 19.9. The van der Waals surface area contributed by atoms with E-state index in [1.54, 1.807) is 0 Å². The highest BCUT2D eigenvalue weighted by atomic mass is 16.5. The minimum atomic E-state index is -0.449. The van der Waals surface area contributed by atoms with E-state index in [1.165, 1.54) is 5.56 Å². The van der Waals surface area contributed by atoms with Gasteiger partial charge in [0.25, 0.3) is 0 Å². The second-order valence-electron chi connectivity index (χ2n) is 5.31. The first-order valence-electron chi connectivity index (χ1n) is 7.05. The fraction of sp³-hybridized carbons (Fsp3) is 0.235. The quantitative estimate of drug-likeness (QED) is 0.904. The van der Waals surface area contributed by atoms with Gasteiger partial charge in [0.15, 0.2) is 0 Å². The molecule has 2 aromatic carbocycles. The molecule has 0 radical (unpaired) electrons. The lowest BCUT2D eigenvalue weighted by atomic mass is 10.1. The van der Waals surface area contributed by atoms with Gasteiger partial charge in [0.05, 0.1) is 0 Å². The van der Waals surface area contributed by atoms with Gasteiger partial charge in [-0.2, -0.15) is 0 Å². The third kappa shape index (κ3) is 3.61. The molecule has 2 aromatic rings. The predicted molar refractivity (Wildman–Crippen MR) is 82.0 cm³/mol. The van der Waals surface area contributed by atoms with Gasteiger partial charge in [0.1, 0.15) is 6.61 Å². The number of carbonyl (C=O) groups is 1. The fourth-order valence-electron chi connectivity index (χ4n) is 2.29. The van der Waals surface area contributed by atoms with E-state index in [-0.39, 0.29) is 6.61 Å².